The lowest BCUT2D eigenvalue weighted by Crippen LogP contribution is -2.24. The molecule has 1 aliphatic rings. The second-order valence-electron chi connectivity index (χ2n) is 7.57. The van der Waals surface area contributed by atoms with Crippen molar-refractivity contribution in [3.05, 3.63) is 71.3 Å². The third kappa shape index (κ3) is 6.93. The van der Waals surface area contributed by atoms with E-state index in [1.807, 2.05) is 6.08 Å². The van der Waals surface area contributed by atoms with Gasteiger partial charge in [0, 0.05) is 37.7 Å². The summed E-state index contributed by atoms with van der Waals surface area (Å²) in [7, 11) is 2.15. The van der Waals surface area contributed by atoms with Gasteiger partial charge in [-0.15, -0.1) is 0 Å². The molecule has 0 aliphatic carbocycles. The average Bonchev–Trinajstić information content (AvgIpc) is 3.07. The van der Waals surface area contributed by atoms with Crippen molar-refractivity contribution in [1.82, 2.24) is 9.80 Å². The second kappa shape index (κ2) is 11.7. The minimum atomic E-state index is 0.847. The number of rotatable bonds is 11. The van der Waals surface area contributed by atoms with E-state index in [-0.39, 0.29) is 0 Å². The van der Waals surface area contributed by atoms with Crippen LogP contribution in [0.25, 0.3) is 0 Å². The van der Waals surface area contributed by atoms with E-state index in [1.54, 1.807) is 0 Å². The molecule has 0 unspecified atom stereocenters. The Morgan fingerprint density at radius 2 is 1.96 bits per heavy atom. The Labute approximate surface area is 168 Å². The third-order valence-electron chi connectivity index (χ3n) is 5.21. The van der Waals surface area contributed by atoms with Crippen molar-refractivity contribution >= 4 is 0 Å². The van der Waals surface area contributed by atoms with Crippen LogP contribution in [0.4, 0.5) is 0 Å². The fourth-order valence-electron chi connectivity index (χ4n) is 3.50. The van der Waals surface area contributed by atoms with E-state index in [9.17, 15) is 0 Å². The molecule has 0 saturated carbocycles. The van der Waals surface area contributed by atoms with Crippen LogP contribution in [0.5, 0.6) is 0 Å². The fraction of sp³-hybridized carbons (Fsp3) is 0.520. The number of allylic oxidation sites excluding steroid dienone is 5. The van der Waals surface area contributed by atoms with E-state index in [1.165, 1.54) is 34.4 Å². The summed E-state index contributed by atoms with van der Waals surface area (Å²) in [6.45, 7) is 21.4. The van der Waals surface area contributed by atoms with E-state index >= 15 is 0 Å². The molecule has 0 atom stereocenters. The summed E-state index contributed by atoms with van der Waals surface area (Å²) < 4.78 is 0. The van der Waals surface area contributed by atoms with Crippen LogP contribution in [-0.2, 0) is 0 Å². The predicted octanol–water partition coefficient (Wildman–Crippen LogP) is 6.97. The Kier molecular flexibility index (Phi) is 9.99. The molecular weight excluding hydrogens is 328 g/mol. The maximum atomic E-state index is 4.48. The Morgan fingerprint density at radius 3 is 2.44 bits per heavy atom. The quantitative estimate of drug-likeness (QED) is 0.363. The molecule has 1 rings (SSSR count). The van der Waals surface area contributed by atoms with Crippen molar-refractivity contribution in [2.24, 2.45) is 0 Å². The van der Waals surface area contributed by atoms with Crippen LogP contribution in [0.2, 0.25) is 0 Å². The molecule has 0 saturated heterocycles. The topological polar surface area (TPSA) is 6.48 Å². The van der Waals surface area contributed by atoms with Gasteiger partial charge in [-0.05, 0) is 50.7 Å². The molecule has 150 valence electrons. The molecule has 0 aromatic carbocycles. The van der Waals surface area contributed by atoms with E-state index in [2.05, 4.69) is 83.0 Å². The molecule has 0 radical (unpaired) electrons. The first kappa shape index (κ1) is 23.1. The SMILES string of the molecule is C=C/C=C(\C=C(\C)CC)CN(C)C(=C)/C(CC)=C(/CCC)N1C=C(C)CC1. The summed E-state index contributed by atoms with van der Waals surface area (Å²) in [5.41, 5.74) is 8.10. The summed E-state index contributed by atoms with van der Waals surface area (Å²) in [5, 5.41) is 0. The van der Waals surface area contributed by atoms with Crippen LogP contribution in [0, 0.1) is 0 Å². The van der Waals surface area contributed by atoms with Crippen LogP contribution < -0.4 is 0 Å². The minimum absolute atomic E-state index is 0.847. The lowest BCUT2D eigenvalue weighted by Gasteiger charge is -2.29. The zero-order valence-corrected chi connectivity index (χ0v) is 18.6. The van der Waals surface area contributed by atoms with E-state index < -0.39 is 0 Å². The number of hydrogen-bond acceptors (Lipinski definition) is 2. The maximum Gasteiger partial charge on any atom is 0.0426 e. The van der Waals surface area contributed by atoms with Crippen molar-refractivity contribution in [3.8, 4) is 0 Å². The minimum Gasteiger partial charge on any atom is -0.370 e. The van der Waals surface area contributed by atoms with E-state index in [0.717, 1.165) is 44.5 Å². The molecule has 0 N–H and O–H groups in total. The highest BCUT2D eigenvalue weighted by Crippen LogP contribution is 2.30. The van der Waals surface area contributed by atoms with Crippen molar-refractivity contribution in [1.29, 1.82) is 0 Å². The molecule has 0 aromatic rings. The second-order valence-corrected chi connectivity index (χ2v) is 7.57. The summed E-state index contributed by atoms with van der Waals surface area (Å²) in [5.74, 6) is 0. The molecule has 0 amide bonds. The zero-order valence-electron chi connectivity index (χ0n) is 18.6. The van der Waals surface area contributed by atoms with Gasteiger partial charge in [0.05, 0.1) is 0 Å². The van der Waals surface area contributed by atoms with Gasteiger partial charge in [0.2, 0.25) is 0 Å². The number of hydrogen-bond donors (Lipinski definition) is 0. The highest BCUT2D eigenvalue weighted by molar-refractivity contribution is 5.36. The van der Waals surface area contributed by atoms with Gasteiger partial charge >= 0.3 is 0 Å². The summed E-state index contributed by atoms with van der Waals surface area (Å²) in [6.07, 6.45) is 14.1. The molecule has 0 fully saturated rings. The fourth-order valence-corrected chi connectivity index (χ4v) is 3.50. The first-order valence-corrected chi connectivity index (χ1v) is 10.4. The van der Waals surface area contributed by atoms with Crippen molar-refractivity contribution in [2.75, 3.05) is 20.1 Å². The third-order valence-corrected chi connectivity index (χ3v) is 5.21. The van der Waals surface area contributed by atoms with Gasteiger partial charge < -0.3 is 9.80 Å². The van der Waals surface area contributed by atoms with Gasteiger partial charge in [0.15, 0.2) is 0 Å². The molecule has 1 heterocycles. The highest BCUT2D eigenvalue weighted by Gasteiger charge is 2.19. The molecular formula is C25H40N2. The Morgan fingerprint density at radius 1 is 1.26 bits per heavy atom. The van der Waals surface area contributed by atoms with Crippen molar-refractivity contribution < 1.29 is 0 Å². The van der Waals surface area contributed by atoms with Crippen molar-refractivity contribution in [2.45, 2.75) is 66.7 Å². The Balaban J connectivity index is 3.12. The standard InChI is InChI=1S/C25H40N2/c1-9-13-23(17-20(5)11-3)19-26(8)22(7)24(12-4)25(14-10-2)27-16-15-21(6)18-27/h9,13,17-18H,1,7,10-12,14-16,19H2,2-6,8H3/b20-17-,23-13+,25-24-. The normalized spacial score (nSPS) is 16.2. The predicted molar refractivity (Wildman–Crippen MR) is 121 cm³/mol. The first-order chi connectivity index (χ1) is 12.9. The number of nitrogens with zero attached hydrogens (tertiary/aromatic N) is 2. The van der Waals surface area contributed by atoms with E-state index in [0.29, 0.717) is 0 Å². The van der Waals surface area contributed by atoms with Gasteiger partial charge in [-0.25, -0.2) is 0 Å². The molecule has 1 aliphatic heterocycles. The molecule has 2 heteroatoms. The van der Waals surface area contributed by atoms with Crippen LogP contribution in [-0.4, -0.2) is 29.9 Å². The smallest absolute Gasteiger partial charge is 0.0426 e. The lowest BCUT2D eigenvalue weighted by molar-refractivity contribution is 0.437. The van der Waals surface area contributed by atoms with Crippen LogP contribution in [0.1, 0.15) is 66.7 Å². The molecule has 0 spiro atoms. The van der Waals surface area contributed by atoms with Gasteiger partial charge in [-0.3, -0.25) is 0 Å². The average molecular weight is 369 g/mol. The molecule has 27 heavy (non-hydrogen) atoms. The molecule has 0 aromatic heterocycles. The highest BCUT2D eigenvalue weighted by atomic mass is 15.2. The summed E-state index contributed by atoms with van der Waals surface area (Å²) in [4.78, 5) is 4.74. The molecule has 0 bridgehead atoms. The monoisotopic (exact) mass is 368 g/mol. The first-order valence-electron chi connectivity index (χ1n) is 10.4. The Hall–Kier alpha value is -1.96. The van der Waals surface area contributed by atoms with Gasteiger partial charge in [0.25, 0.3) is 0 Å². The molecule has 2 nitrogen and oxygen atoms in total. The van der Waals surface area contributed by atoms with E-state index in [4.69, 9.17) is 0 Å². The van der Waals surface area contributed by atoms with Crippen LogP contribution in [0.15, 0.2) is 71.3 Å². The lowest BCUT2D eigenvalue weighted by atomic mass is 10.0. The van der Waals surface area contributed by atoms with Gasteiger partial charge in [0.1, 0.15) is 0 Å². The maximum absolute atomic E-state index is 4.48. The largest absolute Gasteiger partial charge is 0.370 e. The van der Waals surface area contributed by atoms with Crippen LogP contribution in [0.3, 0.4) is 0 Å². The van der Waals surface area contributed by atoms with Gasteiger partial charge in [-0.2, -0.15) is 0 Å². The summed E-state index contributed by atoms with van der Waals surface area (Å²) >= 11 is 0. The summed E-state index contributed by atoms with van der Waals surface area (Å²) in [6, 6.07) is 0. The Bertz CT molecular complexity index is 643. The number of likely N-dealkylation sites (N-methyl/N-ethyl adjacent to an activating group) is 1. The van der Waals surface area contributed by atoms with Gasteiger partial charge in [-0.1, -0.05) is 69.7 Å². The zero-order chi connectivity index (χ0) is 20.4. The van der Waals surface area contributed by atoms with Crippen molar-refractivity contribution in [3.63, 3.8) is 0 Å². The van der Waals surface area contributed by atoms with Crippen LogP contribution >= 0.6 is 0 Å².